The molecule has 3 fully saturated rings. The molecule has 4 heteroatoms. The fourth-order valence-corrected chi connectivity index (χ4v) is 8.31. The summed E-state index contributed by atoms with van der Waals surface area (Å²) in [5.41, 5.74) is 4.38. The van der Waals surface area contributed by atoms with Crippen molar-refractivity contribution in [3.8, 4) is 0 Å². The molecule has 3 saturated carbocycles. The molecule has 0 radical (unpaired) electrons. The molecule has 1 aromatic rings. The molecule has 186 valence electrons. The Bertz CT molecular complexity index is 1060. The van der Waals surface area contributed by atoms with Gasteiger partial charge in [-0.2, -0.15) is 0 Å². The van der Waals surface area contributed by atoms with Crippen LogP contribution in [0.3, 0.4) is 0 Å². The van der Waals surface area contributed by atoms with Crippen molar-refractivity contribution in [3.05, 3.63) is 65.8 Å². The summed E-state index contributed by atoms with van der Waals surface area (Å²) >= 11 is 0. The van der Waals surface area contributed by atoms with Crippen molar-refractivity contribution in [2.24, 2.45) is 28.3 Å². The predicted molar refractivity (Wildman–Crippen MR) is 145 cm³/mol. The first-order chi connectivity index (χ1) is 16.2. The molecule has 6 atom stereocenters. The van der Waals surface area contributed by atoms with Crippen LogP contribution in [0.2, 0.25) is 0 Å². The van der Waals surface area contributed by atoms with Crippen LogP contribution in [0.5, 0.6) is 0 Å². The smallest absolute Gasteiger partial charge is 0.0583 e. The second-order valence-corrected chi connectivity index (χ2v) is 13.3. The van der Waals surface area contributed by atoms with E-state index in [-0.39, 0.29) is 6.10 Å². The van der Waals surface area contributed by atoms with Crippen LogP contribution in [0.25, 0.3) is 0 Å². The molecule has 0 heterocycles. The van der Waals surface area contributed by atoms with Crippen molar-refractivity contribution < 1.29 is 9.32 Å². The van der Waals surface area contributed by atoms with E-state index < -0.39 is 9.71 Å². The van der Waals surface area contributed by atoms with Gasteiger partial charge in [0.25, 0.3) is 0 Å². The number of aliphatic hydroxyl groups excluding tert-OH is 1. The van der Waals surface area contributed by atoms with E-state index in [9.17, 15) is 9.32 Å². The number of hydrogen-bond acceptors (Lipinski definition) is 2. The first-order valence-electron chi connectivity index (χ1n) is 13.2. The van der Waals surface area contributed by atoms with E-state index in [1.165, 1.54) is 43.3 Å². The normalized spacial score (nSPS) is 34.6. The van der Waals surface area contributed by atoms with E-state index in [1.807, 2.05) is 35.7 Å². The minimum Gasteiger partial charge on any atom is -0.393 e. The van der Waals surface area contributed by atoms with Gasteiger partial charge in [0.1, 0.15) is 0 Å². The minimum absolute atomic E-state index is 0.217. The molecule has 34 heavy (non-hydrogen) atoms. The molecule has 0 aromatic heterocycles. The van der Waals surface area contributed by atoms with Gasteiger partial charge in [0, 0.05) is 4.90 Å². The molecular weight excluding hydrogens is 438 g/mol. The number of benzene rings is 1. The fourth-order valence-electron chi connectivity index (χ4n) is 7.05. The summed E-state index contributed by atoms with van der Waals surface area (Å²) in [7, 11) is -2.57. The van der Waals surface area contributed by atoms with E-state index >= 15 is 0 Å². The molecule has 0 amide bonds. The summed E-state index contributed by atoms with van der Waals surface area (Å²) in [6, 6.07) is 9.44. The maximum atomic E-state index is 13.0. The number of hydrogen-bond donors (Lipinski definition) is 2. The molecule has 3 nitrogen and oxygen atoms in total. The van der Waals surface area contributed by atoms with Crippen LogP contribution in [-0.2, 0) is 9.71 Å². The standard InChI is InChI=1S/C30H43NO2S/c1-22-13-16-26(32)21-25(22)15-14-24-10-7-19-30(3)28(17-18-29(24)30)23(2)9-8-20-34(31,33)27-11-5-4-6-12-27/h4-6,11-12,14-15,20,23,26,28-29,32H,1,7-10,13,16-19,21H2,2-3H3,(H2,31,33)/t23?,26-,28?,29-,30+,34?/m0/s1. The molecule has 3 aliphatic carbocycles. The molecule has 0 bridgehead atoms. The SMILES string of the molecule is C=C1CC[C@H](O)CC1=CC=C1CCC[C@]2(C)C(C(C)CCC=S(N)(=O)c3ccccc3)CC[C@@H]12. The van der Waals surface area contributed by atoms with Gasteiger partial charge in [-0.25, -0.2) is 4.21 Å². The second-order valence-electron chi connectivity index (χ2n) is 11.2. The molecule has 3 N–H and O–H groups in total. The van der Waals surface area contributed by atoms with E-state index in [4.69, 9.17) is 5.14 Å². The quantitative estimate of drug-likeness (QED) is 0.450. The maximum Gasteiger partial charge on any atom is 0.0583 e. The highest BCUT2D eigenvalue weighted by atomic mass is 32.2. The molecule has 0 saturated heterocycles. The third kappa shape index (κ3) is 5.45. The highest BCUT2D eigenvalue weighted by molar-refractivity contribution is 7.99. The minimum atomic E-state index is -2.57. The van der Waals surface area contributed by atoms with E-state index in [2.05, 4.69) is 32.6 Å². The van der Waals surface area contributed by atoms with Crippen LogP contribution in [0, 0.1) is 23.2 Å². The fraction of sp³-hybridized carbons (Fsp3) is 0.567. The van der Waals surface area contributed by atoms with Gasteiger partial charge in [-0.15, -0.1) is 0 Å². The van der Waals surface area contributed by atoms with Gasteiger partial charge >= 0.3 is 0 Å². The average molecular weight is 482 g/mol. The Morgan fingerprint density at radius 3 is 2.74 bits per heavy atom. The zero-order chi connectivity index (χ0) is 24.3. The van der Waals surface area contributed by atoms with Crippen LogP contribution in [0.1, 0.15) is 78.1 Å². The predicted octanol–water partition coefficient (Wildman–Crippen LogP) is 6.59. The molecule has 0 spiro atoms. The van der Waals surface area contributed by atoms with E-state index in [0.717, 1.165) is 37.0 Å². The maximum absolute atomic E-state index is 13.0. The van der Waals surface area contributed by atoms with Gasteiger partial charge in [-0.1, -0.05) is 61.9 Å². The van der Waals surface area contributed by atoms with Crippen LogP contribution in [-0.4, -0.2) is 20.8 Å². The van der Waals surface area contributed by atoms with Gasteiger partial charge in [0.05, 0.1) is 15.8 Å². The third-order valence-corrected chi connectivity index (χ3v) is 10.8. The highest BCUT2D eigenvalue weighted by Gasteiger charge is 2.50. The Kier molecular flexibility index (Phi) is 7.91. The van der Waals surface area contributed by atoms with Crippen molar-refractivity contribution in [2.45, 2.75) is 89.1 Å². The largest absolute Gasteiger partial charge is 0.393 e. The van der Waals surface area contributed by atoms with Crippen molar-refractivity contribution in [1.29, 1.82) is 0 Å². The summed E-state index contributed by atoms with van der Waals surface area (Å²) in [5, 5.41) is 18.1. The lowest BCUT2D eigenvalue weighted by Crippen LogP contribution is -2.36. The van der Waals surface area contributed by atoms with Crippen molar-refractivity contribution in [3.63, 3.8) is 0 Å². The Labute approximate surface area is 207 Å². The average Bonchev–Trinajstić information content (AvgIpc) is 3.17. The van der Waals surface area contributed by atoms with E-state index in [1.54, 1.807) is 5.57 Å². The summed E-state index contributed by atoms with van der Waals surface area (Å²) < 4.78 is 13.0. The highest BCUT2D eigenvalue weighted by Crippen LogP contribution is 2.59. The number of rotatable bonds is 6. The van der Waals surface area contributed by atoms with Crippen LogP contribution >= 0.6 is 0 Å². The Hall–Kier alpha value is -1.62. The molecule has 3 unspecified atom stereocenters. The van der Waals surface area contributed by atoms with Crippen molar-refractivity contribution in [1.82, 2.24) is 0 Å². The first kappa shape index (κ1) is 25.5. The van der Waals surface area contributed by atoms with E-state index in [0.29, 0.717) is 23.2 Å². The number of aliphatic hydroxyl groups is 1. The molecule has 0 aliphatic heterocycles. The second kappa shape index (κ2) is 10.6. The lowest BCUT2D eigenvalue weighted by Gasteiger charge is -2.44. The number of allylic oxidation sites excluding steroid dienone is 4. The number of nitrogens with two attached hydrogens (primary N) is 1. The van der Waals surface area contributed by atoms with Crippen LogP contribution in [0.4, 0.5) is 0 Å². The topological polar surface area (TPSA) is 63.3 Å². The summed E-state index contributed by atoms with van der Waals surface area (Å²) in [6.45, 7) is 9.15. The van der Waals surface area contributed by atoms with Crippen LogP contribution in [0.15, 0.2) is 70.7 Å². The molecule has 3 aliphatic rings. The molecular formula is C30H43NO2S. The lowest BCUT2D eigenvalue weighted by molar-refractivity contribution is 0.0952. The zero-order valence-electron chi connectivity index (χ0n) is 21.0. The Balaban J connectivity index is 1.43. The van der Waals surface area contributed by atoms with Gasteiger partial charge in [-0.05, 0) is 110 Å². The summed E-state index contributed by atoms with van der Waals surface area (Å²) in [4.78, 5) is 0.722. The van der Waals surface area contributed by atoms with Gasteiger partial charge in [0.2, 0.25) is 0 Å². The third-order valence-electron chi connectivity index (χ3n) is 9.01. The first-order valence-corrected chi connectivity index (χ1v) is 14.9. The van der Waals surface area contributed by atoms with Gasteiger partial charge in [-0.3, -0.25) is 5.14 Å². The molecule has 1 aromatic carbocycles. The Morgan fingerprint density at radius 2 is 1.97 bits per heavy atom. The van der Waals surface area contributed by atoms with Crippen molar-refractivity contribution >= 4 is 15.1 Å². The van der Waals surface area contributed by atoms with Crippen molar-refractivity contribution in [2.75, 3.05) is 0 Å². The van der Waals surface area contributed by atoms with Gasteiger partial charge in [0.15, 0.2) is 0 Å². The summed E-state index contributed by atoms with van der Waals surface area (Å²) in [5.74, 6) is 1.93. The number of fused-ring (bicyclic) bond motifs is 1. The molecule has 4 rings (SSSR count). The van der Waals surface area contributed by atoms with Gasteiger partial charge < -0.3 is 5.11 Å². The summed E-state index contributed by atoms with van der Waals surface area (Å²) in [6.07, 6.45) is 15.0. The van der Waals surface area contributed by atoms with Crippen LogP contribution < -0.4 is 5.14 Å². The zero-order valence-corrected chi connectivity index (χ0v) is 21.9. The lowest BCUT2D eigenvalue weighted by atomic mass is 9.61. The monoisotopic (exact) mass is 481 g/mol. The Morgan fingerprint density at radius 1 is 1.21 bits per heavy atom.